The van der Waals surface area contributed by atoms with E-state index in [0.717, 1.165) is 30.8 Å². The van der Waals surface area contributed by atoms with E-state index in [1.807, 2.05) is 24.3 Å². The summed E-state index contributed by atoms with van der Waals surface area (Å²) >= 11 is 0. The molecule has 1 aliphatic heterocycles. The second-order valence-corrected chi connectivity index (χ2v) is 3.10. The fourth-order valence-electron chi connectivity index (χ4n) is 1.39. The minimum Gasteiger partial charge on any atom is -0.407 e. The second kappa shape index (κ2) is 3.81. The molecule has 1 saturated heterocycles. The first-order valence-electron chi connectivity index (χ1n) is 4.45. The van der Waals surface area contributed by atoms with Crippen molar-refractivity contribution in [2.75, 3.05) is 18.9 Å². The number of anilines is 1. The summed E-state index contributed by atoms with van der Waals surface area (Å²) in [5.41, 5.74) is 7.40. The molecule has 13 heavy (non-hydrogen) atoms. The van der Waals surface area contributed by atoms with Gasteiger partial charge in [-0.25, -0.2) is 0 Å². The van der Waals surface area contributed by atoms with Crippen molar-refractivity contribution in [3.8, 4) is 0 Å². The molecule has 68 valence electrons. The number of rotatable bonds is 1. The zero-order valence-electron chi connectivity index (χ0n) is 7.40. The lowest BCUT2D eigenvalue weighted by Gasteiger charge is -2.19. The second-order valence-electron chi connectivity index (χ2n) is 3.10. The van der Waals surface area contributed by atoms with Crippen molar-refractivity contribution in [3.05, 3.63) is 24.3 Å². The molecule has 2 rings (SSSR count). The first kappa shape index (κ1) is 8.60. The molecule has 3 nitrogen and oxygen atoms in total. The van der Waals surface area contributed by atoms with Gasteiger partial charge < -0.3 is 15.0 Å². The van der Waals surface area contributed by atoms with E-state index in [0.29, 0.717) is 0 Å². The van der Waals surface area contributed by atoms with Crippen molar-refractivity contribution in [2.24, 2.45) is 0 Å². The maximum absolute atomic E-state index is 5.65. The summed E-state index contributed by atoms with van der Waals surface area (Å²) in [5.74, 6) is 0. The Morgan fingerprint density at radius 2 is 2.00 bits per heavy atom. The van der Waals surface area contributed by atoms with Crippen LogP contribution in [0.1, 0.15) is 6.42 Å². The Morgan fingerprint density at radius 1 is 1.23 bits per heavy atom. The van der Waals surface area contributed by atoms with E-state index < -0.39 is 0 Å². The van der Waals surface area contributed by atoms with E-state index in [-0.39, 0.29) is 7.12 Å². The Hall–Kier alpha value is -0.995. The summed E-state index contributed by atoms with van der Waals surface area (Å²) in [4.78, 5) is 0. The molecule has 0 saturated carbocycles. The summed E-state index contributed by atoms with van der Waals surface area (Å²) in [6, 6.07) is 7.61. The third-order valence-corrected chi connectivity index (χ3v) is 2.01. The van der Waals surface area contributed by atoms with Crippen molar-refractivity contribution < 1.29 is 9.31 Å². The third kappa shape index (κ3) is 2.02. The van der Waals surface area contributed by atoms with Gasteiger partial charge >= 0.3 is 7.12 Å². The molecule has 0 atom stereocenters. The largest absolute Gasteiger partial charge is 0.493 e. The Bertz CT molecular complexity index is 287. The fraction of sp³-hybridized carbons (Fsp3) is 0.333. The van der Waals surface area contributed by atoms with Crippen molar-refractivity contribution >= 4 is 18.3 Å². The Balaban J connectivity index is 2.14. The molecular weight excluding hydrogens is 165 g/mol. The molecule has 4 heteroatoms. The smallest absolute Gasteiger partial charge is 0.407 e. The van der Waals surface area contributed by atoms with Crippen LogP contribution in [0.4, 0.5) is 5.69 Å². The average molecular weight is 177 g/mol. The van der Waals surface area contributed by atoms with Crippen molar-refractivity contribution in [3.63, 3.8) is 0 Å². The maximum atomic E-state index is 5.65. The van der Waals surface area contributed by atoms with Gasteiger partial charge in [-0.1, -0.05) is 12.1 Å². The Kier molecular flexibility index (Phi) is 2.52. The van der Waals surface area contributed by atoms with Crippen LogP contribution in [0.5, 0.6) is 0 Å². The molecule has 0 aromatic heterocycles. The van der Waals surface area contributed by atoms with Gasteiger partial charge in [-0.3, -0.25) is 0 Å². The van der Waals surface area contributed by atoms with E-state index in [4.69, 9.17) is 15.0 Å². The first-order valence-corrected chi connectivity index (χ1v) is 4.45. The van der Waals surface area contributed by atoms with Crippen molar-refractivity contribution in [1.29, 1.82) is 0 Å². The normalized spacial score (nSPS) is 17.4. The highest BCUT2D eigenvalue weighted by molar-refractivity contribution is 6.61. The Morgan fingerprint density at radius 3 is 2.69 bits per heavy atom. The topological polar surface area (TPSA) is 44.5 Å². The minimum atomic E-state index is -0.225. The maximum Gasteiger partial charge on any atom is 0.493 e. The third-order valence-electron chi connectivity index (χ3n) is 2.01. The molecule has 0 spiro atoms. The van der Waals surface area contributed by atoms with Crippen molar-refractivity contribution in [2.45, 2.75) is 6.42 Å². The molecule has 1 aromatic carbocycles. The van der Waals surface area contributed by atoms with Gasteiger partial charge in [0, 0.05) is 18.9 Å². The molecule has 0 unspecified atom stereocenters. The standard InChI is InChI=1S/C9H12BNO2/c11-9-4-1-3-8(7-9)10-12-5-2-6-13-10/h1,3-4,7H,2,5-6,11H2. The molecule has 0 radical (unpaired) electrons. The highest BCUT2D eigenvalue weighted by Gasteiger charge is 2.23. The van der Waals surface area contributed by atoms with Crippen LogP contribution < -0.4 is 11.2 Å². The van der Waals surface area contributed by atoms with Gasteiger partial charge in [0.15, 0.2) is 0 Å². The lowest BCUT2D eigenvalue weighted by atomic mass is 9.78. The number of benzene rings is 1. The van der Waals surface area contributed by atoms with Crippen LogP contribution in [0.2, 0.25) is 0 Å². The monoisotopic (exact) mass is 177 g/mol. The molecule has 0 amide bonds. The molecule has 1 aromatic rings. The summed E-state index contributed by atoms with van der Waals surface area (Å²) in [7, 11) is -0.225. The van der Waals surface area contributed by atoms with Crippen LogP contribution in [0.3, 0.4) is 0 Å². The van der Waals surface area contributed by atoms with Crippen LogP contribution in [0.25, 0.3) is 0 Å². The summed E-state index contributed by atoms with van der Waals surface area (Å²) < 4.78 is 10.9. The molecule has 2 N–H and O–H groups in total. The highest BCUT2D eigenvalue weighted by atomic mass is 16.6. The van der Waals surface area contributed by atoms with Gasteiger partial charge in [0.2, 0.25) is 0 Å². The van der Waals surface area contributed by atoms with Crippen molar-refractivity contribution in [1.82, 2.24) is 0 Å². The molecule has 1 heterocycles. The lowest BCUT2D eigenvalue weighted by molar-refractivity contribution is 0.143. The van der Waals surface area contributed by atoms with Gasteiger partial charge in [-0.15, -0.1) is 0 Å². The minimum absolute atomic E-state index is 0.225. The number of nitrogens with two attached hydrogens (primary N) is 1. The molecule has 1 fully saturated rings. The van der Waals surface area contributed by atoms with Gasteiger partial charge in [0.25, 0.3) is 0 Å². The van der Waals surface area contributed by atoms with E-state index >= 15 is 0 Å². The van der Waals surface area contributed by atoms with Gasteiger partial charge in [-0.2, -0.15) is 0 Å². The Labute approximate surface area is 78.0 Å². The predicted molar refractivity (Wildman–Crippen MR) is 52.8 cm³/mol. The first-order chi connectivity index (χ1) is 6.36. The van der Waals surface area contributed by atoms with Crippen LogP contribution in [-0.2, 0) is 9.31 Å². The quantitative estimate of drug-likeness (QED) is 0.498. The summed E-state index contributed by atoms with van der Waals surface area (Å²) in [6.07, 6.45) is 0.971. The molecule has 0 aliphatic carbocycles. The van der Waals surface area contributed by atoms with E-state index in [1.165, 1.54) is 0 Å². The van der Waals surface area contributed by atoms with Crippen LogP contribution in [0.15, 0.2) is 24.3 Å². The van der Waals surface area contributed by atoms with Gasteiger partial charge in [-0.05, 0) is 24.0 Å². The van der Waals surface area contributed by atoms with E-state index in [1.54, 1.807) is 0 Å². The zero-order chi connectivity index (χ0) is 9.10. The number of hydrogen-bond donors (Lipinski definition) is 1. The lowest BCUT2D eigenvalue weighted by Crippen LogP contribution is -2.40. The summed E-state index contributed by atoms with van der Waals surface area (Å²) in [6.45, 7) is 1.53. The zero-order valence-corrected chi connectivity index (χ0v) is 7.40. The molecular formula is C9H12BNO2. The van der Waals surface area contributed by atoms with Crippen LogP contribution in [-0.4, -0.2) is 20.3 Å². The summed E-state index contributed by atoms with van der Waals surface area (Å²) in [5, 5.41) is 0. The average Bonchev–Trinajstić information content (AvgIpc) is 2.19. The molecule has 1 aliphatic rings. The van der Waals surface area contributed by atoms with E-state index in [9.17, 15) is 0 Å². The SMILES string of the molecule is Nc1cccc(B2OCCCO2)c1. The predicted octanol–water partition coefficient (Wildman–Crippen LogP) is 0.401. The number of hydrogen-bond acceptors (Lipinski definition) is 3. The fourth-order valence-corrected chi connectivity index (χ4v) is 1.39. The van der Waals surface area contributed by atoms with Crippen LogP contribution >= 0.6 is 0 Å². The highest BCUT2D eigenvalue weighted by Crippen LogP contribution is 2.04. The number of nitrogen functional groups attached to an aromatic ring is 1. The molecule has 0 bridgehead atoms. The van der Waals surface area contributed by atoms with Gasteiger partial charge in [0.05, 0.1) is 0 Å². The van der Waals surface area contributed by atoms with Gasteiger partial charge in [0.1, 0.15) is 0 Å². The van der Waals surface area contributed by atoms with E-state index in [2.05, 4.69) is 0 Å². The van der Waals surface area contributed by atoms with Crippen LogP contribution in [0, 0.1) is 0 Å².